The second-order valence-electron chi connectivity index (χ2n) is 5.11. The maximum atomic E-state index is 11.9. The number of carbonyl (C=O) groups excluding carboxylic acids is 1. The van der Waals surface area contributed by atoms with Gasteiger partial charge in [-0.25, -0.2) is 8.42 Å². The van der Waals surface area contributed by atoms with Crippen molar-refractivity contribution in [1.29, 1.82) is 0 Å². The van der Waals surface area contributed by atoms with Gasteiger partial charge in [-0.05, 0) is 18.9 Å². The molecule has 0 bridgehead atoms. The number of rotatable bonds is 3. The summed E-state index contributed by atoms with van der Waals surface area (Å²) in [6.07, 6.45) is 0.784. The third kappa shape index (κ3) is 3.32. The Hall–Kier alpha value is -1.36. The van der Waals surface area contributed by atoms with Crippen LogP contribution in [0.15, 0.2) is 30.3 Å². The SMILES string of the molecule is C[C@]1(NC(=O)Cc2ccccc2)CCS(=O)(=O)C1. The molecule has 1 aromatic carbocycles. The molecule has 1 aromatic rings. The van der Waals surface area contributed by atoms with Crippen LogP contribution in [0.5, 0.6) is 0 Å². The van der Waals surface area contributed by atoms with Gasteiger partial charge in [0.2, 0.25) is 5.91 Å². The monoisotopic (exact) mass is 267 g/mol. The van der Waals surface area contributed by atoms with Crippen molar-refractivity contribution >= 4 is 15.7 Å². The second kappa shape index (κ2) is 4.72. The molecular weight excluding hydrogens is 250 g/mol. The minimum Gasteiger partial charge on any atom is -0.350 e. The van der Waals surface area contributed by atoms with E-state index in [0.717, 1.165) is 5.56 Å². The Bertz CT molecular complexity index is 539. The number of benzene rings is 1. The van der Waals surface area contributed by atoms with Crippen LogP contribution in [0, 0.1) is 0 Å². The minimum atomic E-state index is -2.99. The highest BCUT2D eigenvalue weighted by Crippen LogP contribution is 2.22. The first-order valence-electron chi connectivity index (χ1n) is 5.94. The molecule has 0 radical (unpaired) electrons. The van der Waals surface area contributed by atoms with Gasteiger partial charge in [0.1, 0.15) is 0 Å². The summed E-state index contributed by atoms with van der Waals surface area (Å²) in [5, 5.41) is 2.84. The Balaban J connectivity index is 1.96. The van der Waals surface area contributed by atoms with Gasteiger partial charge < -0.3 is 5.32 Å². The van der Waals surface area contributed by atoms with E-state index in [1.165, 1.54) is 0 Å². The van der Waals surface area contributed by atoms with Crippen LogP contribution >= 0.6 is 0 Å². The van der Waals surface area contributed by atoms with Gasteiger partial charge in [-0.3, -0.25) is 4.79 Å². The normalized spacial score (nSPS) is 25.8. The fraction of sp³-hybridized carbons (Fsp3) is 0.462. The van der Waals surface area contributed by atoms with Crippen LogP contribution in [-0.4, -0.2) is 31.4 Å². The van der Waals surface area contributed by atoms with Gasteiger partial charge in [0.05, 0.1) is 23.5 Å². The van der Waals surface area contributed by atoms with Crippen molar-refractivity contribution in [2.24, 2.45) is 0 Å². The maximum Gasteiger partial charge on any atom is 0.224 e. The summed E-state index contributed by atoms with van der Waals surface area (Å²) in [4.78, 5) is 11.9. The lowest BCUT2D eigenvalue weighted by Crippen LogP contribution is -2.47. The van der Waals surface area contributed by atoms with Crippen LogP contribution in [0.2, 0.25) is 0 Å². The molecule has 0 spiro atoms. The minimum absolute atomic E-state index is 0.0422. The predicted octanol–water partition coefficient (Wildman–Crippen LogP) is 0.922. The van der Waals surface area contributed by atoms with Gasteiger partial charge >= 0.3 is 0 Å². The van der Waals surface area contributed by atoms with E-state index in [-0.39, 0.29) is 23.8 Å². The number of hydrogen-bond donors (Lipinski definition) is 1. The van der Waals surface area contributed by atoms with E-state index in [9.17, 15) is 13.2 Å². The Kier molecular flexibility index (Phi) is 3.43. The summed E-state index contributed by atoms with van der Waals surface area (Å²) in [5.41, 5.74) is 0.324. The third-order valence-electron chi connectivity index (χ3n) is 3.15. The molecule has 1 amide bonds. The van der Waals surface area contributed by atoms with Crippen molar-refractivity contribution in [3.8, 4) is 0 Å². The fourth-order valence-corrected chi connectivity index (χ4v) is 4.36. The molecule has 0 aliphatic carbocycles. The first-order valence-corrected chi connectivity index (χ1v) is 7.76. The lowest BCUT2D eigenvalue weighted by molar-refractivity contribution is -0.121. The highest BCUT2D eigenvalue weighted by molar-refractivity contribution is 7.91. The van der Waals surface area contributed by atoms with Crippen molar-refractivity contribution in [2.45, 2.75) is 25.3 Å². The number of hydrogen-bond acceptors (Lipinski definition) is 3. The molecule has 1 aliphatic rings. The molecule has 0 unspecified atom stereocenters. The zero-order valence-electron chi connectivity index (χ0n) is 10.3. The topological polar surface area (TPSA) is 63.2 Å². The average Bonchev–Trinajstić information content (AvgIpc) is 2.53. The second-order valence-corrected chi connectivity index (χ2v) is 7.30. The summed E-state index contributed by atoms with van der Waals surface area (Å²) >= 11 is 0. The summed E-state index contributed by atoms with van der Waals surface area (Å²) in [5.74, 6) is 0.0798. The van der Waals surface area contributed by atoms with E-state index in [2.05, 4.69) is 5.32 Å². The van der Waals surface area contributed by atoms with Crippen LogP contribution in [-0.2, 0) is 21.1 Å². The van der Waals surface area contributed by atoms with E-state index in [1.54, 1.807) is 6.92 Å². The molecule has 1 N–H and O–H groups in total. The van der Waals surface area contributed by atoms with Crippen molar-refractivity contribution < 1.29 is 13.2 Å². The molecule has 1 atom stereocenters. The number of carbonyl (C=O) groups is 1. The fourth-order valence-electron chi connectivity index (χ4n) is 2.27. The molecule has 98 valence electrons. The average molecular weight is 267 g/mol. The van der Waals surface area contributed by atoms with Crippen molar-refractivity contribution in [1.82, 2.24) is 5.32 Å². The van der Waals surface area contributed by atoms with Crippen LogP contribution < -0.4 is 5.32 Å². The van der Waals surface area contributed by atoms with Gasteiger partial charge in [0, 0.05) is 0 Å². The number of amides is 1. The predicted molar refractivity (Wildman–Crippen MR) is 70.0 cm³/mol. The van der Waals surface area contributed by atoms with E-state index >= 15 is 0 Å². The van der Waals surface area contributed by atoms with Gasteiger partial charge in [-0.2, -0.15) is 0 Å². The van der Waals surface area contributed by atoms with Crippen molar-refractivity contribution in [3.63, 3.8) is 0 Å². The van der Waals surface area contributed by atoms with Gasteiger partial charge in [-0.15, -0.1) is 0 Å². The molecule has 1 aliphatic heterocycles. The highest BCUT2D eigenvalue weighted by atomic mass is 32.2. The molecule has 5 heteroatoms. The van der Waals surface area contributed by atoms with Crippen LogP contribution in [0.25, 0.3) is 0 Å². The molecule has 2 rings (SSSR count). The summed E-state index contributed by atoms with van der Waals surface area (Å²) < 4.78 is 22.9. The Labute approximate surface area is 107 Å². The lowest BCUT2D eigenvalue weighted by atomic mass is 10.0. The zero-order chi connectivity index (χ0) is 13.2. The largest absolute Gasteiger partial charge is 0.350 e. The molecule has 4 nitrogen and oxygen atoms in total. The zero-order valence-corrected chi connectivity index (χ0v) is 11.2. The smallest absolute Gasteiger partial charge is 0.224 e. The lowest BCUT2D eigenvalue weighted by Gasteiger charge is -2.23. The Morgan fingerprint density at radius 2 is 2.00 bits per heavy atom. The number of nitrogens with one attached hydrogen (secondary N) is 1. The summed E-state index contributed by atoms with van der Waals surface area (Å²) in [7, 11) is -2.99. The number of sulfone groups is 1. The molecular formula is C13H17NO3S. The summed E-state index contributed by atoms with van der Waals surface area (Å²) in [6.45, 7) is 1.79. The molecule has 0 saturated carbocycles. The van der Waals surface area contributed by atoms with E-state index in [4.69, 9.17) is 0 Å². The van der Waals surface area contributed by atoms with E-state index < -0.39 is 15.4 Å². The Morgan fingerprint density at radius 3 is 2.56 bits per heavy atom. The van der Waals surface area contributed by atoms with Crippen LogP contribution in [0.4, 0.5) is 0 Å². The van der Waals surface area contributed by atoms with Gasteiger partial charge in [0.15, 0.2) is 9.84 Å². The summed E-state index contributed by atoms with van der Waals surface area (Å²) in [6, 6.07) is 9.42. The first-order chi connectivity index (χ1) is 8.39. The van der Waals surface area contributed by atoms with E-state index in [0.29, 0.717) is 6.42 Å². The molecule has 18 heavy (non-hydrogen) atoms. The molecule has 0 aromatic heterocycles. The molecule has 1 saturated heterocycles. The van der Waals surface area contributed by atoms with Gasteiger partial charge in [-0.1, -0.05) is 30.3 Å². The Morgan fingerprint density at radius 1 is 1.33 bits per heavy atom. The maximum absolute atomic E-state index is 11.9. The van der Waals surface area contributed by atoms with Crippen molar-refractivity contribution in [3.05, 3.63) is 35.9 Å². The van der Waals surface area contributed by atoms with E-state index in [1.807, 2.05) is 30.3 Å². The standard InChI is InChI=1S/C13H17NO3S/c1-13(7-8-18(16,17)10-13)14-12(15)9-11-5-3-2-4-6-11/h2-6H,7-10H2,1H3,(H,14,15)/t13-/m0/s1. The third-order valence-corrected chi connectivity index (χ3v) is 5.06. The van der Waals surface area contributed by atoms with Gasteiger partial charge in [0.25, 0.3) is 0 Å². The van der Waals surface area contributed by atoms with Crippen molar-refractivity contribution in [2.75, 3.05) is 11.5 Å². The van der Waals surface area contributed by atoms with Crippen LogP contribution in [0.3, 0.4) is 0 Å². The highest BCUT2D eigenvalue weighted by Gasteiger charge is 2.39. The first kappa shape index (κ1) is 13.1. The molecule has 1 fully saturated rings. The molecule has 1 heterocycles. The quantitative estimate of drug-likeness (QED) is 0.886. The van der Waals surface area contributed by atoms with Crippen LogP contribution in [0.1, 0.15) is 18.9 Å².